The fourth-order valence-corrected chi connectivity index (χ4v) is 1.73. The Morgan fingerprint density at radius 1 is 1.32 bits per heavy atom. The van der Waals surface area contributed by atoms with E-state index >= 15 is 0 Å². The third kappa shape index (κ3) is 4.03. The molecule has 0 aliphatic heterocycles. The molecule has 0 radical (unpaired) electrons. The van der Waals surface area contributed by atoms with Crippen LogP contribution in [0, 0.1) is 5.82 Å². The summed E-state index contributed by atoms with van der Waals surface area (Å²) in [5.41, 5.74) is 1.81. The van der Waals surface area contributed by atoms with Gasteiger partial charge in [0.1, 0.15) is 18.2 Å². The Kier molecular flexibility index (Phi) is 4.86. The highest BCUT2D eigenvalue weighted by molar-refractivity contribution is 5.34. The largest absolute Gasteiger partial charge is 0.489 e. The second kappa shape index (κ2) is 6.85. The first-order valence-corrected chi connectivity index (χ1v) is 6.30. The van der Waals surface area contributed by atoms with Gasteiger partial charge in [-0.2, -0.15) is 0 Å². The molecule has 1 N–H and O–H groups in total. The molecule has 1 heterocycles. The molecule has 0 fully saturated rings. The number of halogens is 1. The van der Waals surface area contributed by atoms with Crippen molar-refractivity contribution in [1.82, 2.24) is 10.3 Å². The van der Waals surface area contributed by atoms with Crippen LogP contribution >= 0.6 is 0 Å². The first-order valence-electron chi connectivity index (χ1n) is 6.30. The Balaban J connectivity index is 2.06. The summed E-state index contributed by atoms with van der Waals surface area (Å²) in [6.07, 6.45) is 3.48. The Labute approximate surface area is 112 Å². The number of aromatic nitrogens is 1. The van der Waals surface area contributed by atoms with Crippen molar-refractivity contribution in [2.75, 3.05) is 6.54 Å². The van der Waals surface area contributed by atoms with E-state index < -0.39 is 0 Å². The second-order valence-electron chi connectivity index (χ2n) is 4.18. The number of ether oxygens (including phenoxy) is 1. The highest BCUT2D eigenvalue weighted by Gasteiger charge is 2.05. The van der Waals surface area contributed by atoms with Crippen molar-refractivity contribution in [3.8, 4) is 5.75 Å². The molecule has 0 aliphatic rings. The fraction of sp³-hybridized carbons (Fsp3) is 0.267. The SMILES string of the molecule is CCNCc1cc(F)ccc1OCc1cccnc1. The number of pyridine rings is 1. The molecule has 0 saturated heterocycles. The molecular weight excluding hydrogens is 243 g/mol. The lowest BCUT2D eigenvalue weighted by molar-refractivity contribution is 0.301. The van der Waals surface area contributed by atoms with Gasteiger partial charge >= 0.3 is 0 Å². The monoisotopic (exact) mass is 260 g/mol. The lowest BCUT2D eigenvalue weighted by Crippen LogP contribution is -2.13. The molecule has 0 amide bonds. The topological polar surface area (TPSA) is 34.1 Å². The maximum absolute atomic E-state index is 13.2. The molecule has 1 aromatic heterocycles. The minimum Gasteiger partial charge on any atom is -0.489 e. The zero-order valence-corrected chi connectivity index (χ0v) is 10.9. The lowest BCUT2D eigenvalue weighted by Gasteiger charge is -2.12. The number of hydrogen-bond donors (Lipinski definition) is 1. The van der Waals surface area contributed by atoms with Crippen LogP contribution in [0.25, 0.3) is 0 Å². The second-order valence-corrected chi connectivity index (χ2v) is 4.18. The molecule has 4 heteroatoms. The Bertz CT molecular complexity index is 517. The molecule has 2 rings (SSSR count). The van der Waals surface area contributed by atoms with E-state index in [1.54, 1.807) is 18.5 Å². The van der Waals surface area contributed by atoms with Gasteiger partial charge in [0, 0.05) is 30.1 Å². The first-order chi connectivity index (χ1) is 9.29. The van der Waals surface area contributed by atoms with E-state index in [-0.39, 0.29) is 5.82 Å². The molecule has 0 aliphatic carbocycles. The van der Waals surface area contributed by atoms with Gasteiger partial charge in [-0.25, -0.2) is 4.39 Å². The van der Waals surface area contributed by atoms with Crippen LogP contribution in [0.2, 0.25) is 0 Å². The molecule has 3 nitrogen and oxygen atoms in total. The minimum absolute atomic E-state index is 0.248. The predicted molar refractivity (Wildman–Crippen MR) is 72.3 cm³/mol. The highest BCUT2D eigenvalue weighted by Crippen LogP contribution is 2.20. The molecule has 0 atom stereocenters. The van der Waals surface area contributed by atoms with E-state index in [9.17, 15) is 4.39 Å². The van der Waals surface area contributed by atoms with Crippen LogP contribution in [0.3, 0.4) is 0 Å². The molecule has 0 saturated carbocycles. The van der Waals surface area contributed by atoms with Crippen LogP contribution in [0.1, 0.15) is 18.1 Å². The van der Waals surface area contributed by atoms with Gasteiger partial charge in [-0.1, -0.05) is 13.0 Å². The van der Waals surface area contributed by atoms with Crippen LogP contribution in [-0.2, 0) is 13.2 Å². The molecule has 100 valence electrons. The van der Waals surface area contributed by atoms with Crippen LogP contribution < -0.4 is 10.1 Å². The summed E-state index contributed by atoms with van der Waals surface area (Å²) in [7, 11) is 0. The Hall–Kier alpha value is -1.94. The van der Waals surface area contributed by atoms with Crippen LogP contribution in [0.4, 0.5) is 4.39 Å². The Morgan fingerprint density at radius 3 is 2.95 bits per heavy atom. The van der Waals surface area contributed by atoms with Gasteiger partial charge in [0.2, 0.25) is 0 Å². The minimum atomic E-state index is -0.248. The van der Waals surface area contributed by atoms with Gasteiger partial charge in [-0.05, 0) is 30.8 Å². The van der Waals surface area contributed by atoms with Crippen molar-refractivity contribution in [1.29, 1.82) is 0 Å². The summed E-state index contributed by atoms with van der Waals surface area (Å²) in [5.74, 6) is 0.452. The molecule has 0 bridgehead atoms. The molecule has 1 aromatic carbocycles. The van der Waals surface area contributed by atoms with Gasteiger partial charge in [0.05, 0.1) is 0 Å². The van der Waals surface area contributed by atoms with Crippen molar-refractivity contribution in [2.24, 2.45) is 0 Å². The van der Waals surface area contributed by atoms with Crippen molar-refractivity contribution < 1.29 is 9.13 Å². The summed E-state index contributed by atoms with van der Waals surface area (Å²) >= 11 is 0. The normalized spacial score (nSPS) is 10.4. The van der Waals surface area contributed by atoms with Crippen LogP contribution in [0.15, 0.2) is 42.7 Å². The smallest absolute Gasteiger partial charge is 0.124 e. The summed E-state index contributed by atoms with van der Waals surface area (Å²) in [6, 6.07) is 8.39. The van der Waals surface area contributed by atoms with Crippen molar-refractivity contribution >= 4 is 0 Å². The molecule has 0 spiro atoms. The number of hydrogen-bond acceptors (Lipinski definition) is 3. The van der Waals surface area contributed by atoms with E-state index in [1.165, 1.54) is 12.1 Å². The van der Waals surface area contributed by atoms with E-state index in [1.807, 2.05) is 19.1 Å². The van der Waals surface area contributed by atoms with E-state index in [4.69, 9.17) is 4.74 Å². The number of nitrogens with zero attached hydrogens (tertiary/aromatic N) is 1. The lowest BCUT2D eigenvalue weighted by atomic mass is 10.2. The number of benzene rings is 1. The third-order valence-electron chi connectivity index (χ3n) is 2.71. The molecular formula is C15H17FN2O. The first kappa shape index (κ1) is 13.5. The molecule has 0 unspecified atom stereocenters. The van der Waals surface area contributed by atoms with E-state index in [0.29, 0.717) is 18.9 Å². The quantitative estimate of drug-likeness (QED) is 0.867. The van der Waals surface area contributed by atoms with Gasteiger partial charge in [0.15, 0.2) is 0 Å². The standard InChI is InChI=1S/C15H17FN2O/c1-2-17-10-13-8-14(16)5-6-15(13)19-11-12-4-3-7-18-9-12/h3-9,17H,2,10-11H2,1H3. The number of nitrogens with one attached hydrogen (secondary N) is 1. The fourth-order valence-electron chi connectivity index (χ4n) is 1.73. The summed E-state index contributed by atoms with van der Waals surface area (Å²) < 4.78 is 19.0. The number of rotatable bonds is 6. The van der Waals surface area contributed by atoms with Crippen molar-refractivity contribution in [2.45, 2.75) is 20.1 Å². The van der Waals surface area contributed by atoms with Gasteiger partial charge in [-0.3, -0.25) is 4.98 Å². The maximum atomic E-state index is 13.2. The summed E-state index contributed by atoms with van der Waals surface area (Å²) in [4.78, 5) is 4.03. The van der Waals surface area contributed by atoms with E-state index in [2.05, 4.69) is 10.3 Å². The zero-order chi connectivity index (χ0) is 13.5. The predicted octanol–water partition coefficient (Wildman–Crippen LogP) is 2.91. The molecule has 19 heavy (non-hydrogen) atoms. The Morgan fingerprint density at radius 2 is 2.21 bits per heavy atom. The van der Waals surface area contributed by atoms with E-state index in [0.717, 1.165) is 17.7 Å². The van der Waals surface area contributed by atoms with Gasteiger partial charge in [-0.15, -0.1) is 0 Å². The summed E-state index contributed by atoms with van der Waals surface area (Å²) in [5, 5.41) is 3.17. The maximum Gasteiger partial charge on any atom is 0.124 e. The zero-order valence-electron chi connectivity index (χ0n) is 10.9. The van der Waals surface area contributed by atoms with Crippen LogP contribution in [-0.4, -0.2) is 11.5 Å². The highest BCUT2D eigenvalue weighted by atomic mass is 19.1. The third-order valence-corrected chi connectivity index (χ3v) is 2.71. The molecule has 2 aromatic rings. The average Bonchev–Trinajstić information content (AvgIpc) is 2.45. The summed E-state index contributed by atoms with van der Waals surface area (Å²) in [6.45, 7) is 3.86. The average molecular weight is 260 g/mol. The van der Waals surface area contributed by atoms with Gasteiger partial charge < -0.3 is 10.1 Å². The van der Waals surface area contributed by atoms with Crippen molar-refractivity contribution in [3.63, 3.8) is 0 Å². The van der Waals surface area contributed by atoms with Gasteiger partial charge in [0.25, 0.3) is 0 Å². The van der Waals surface area contributed by atoms with Crippen LogP contribution in [0.5, 0.6) is 5.75 Å². The van der Waals surface area contributed by atoms with Crippen molar-refractivity contribution in [3.05, 3.63) is 59.7 Å².